The number of thioether (sulfide) groups is 1. The number of carbonyl (C=O) groups is 2. The normalized spacial score (nSPS) is 18.2. The van der Waals surface area contributed by atoms with Crippen molar-refractivity contribution in [2.24, 2.45) is 0 Å². The van der Waals surface area contributed by atoms with Crippen molar-refractivity contribution < 1.29 is 19.1 Å². The first-order valence-corrected chi connectivity index (χ1v) is 11.2. The molecule has 0 N–H and O–H groups in total. The van der Waals surface area contributed by atoms with Gasteiger partial charge in [0, 0.05) is 24.5 Å². The lowest BCUT2D eigenvalue weighted by Crippen LogP contribution is -2.42. The highest BCUT2D eigenvalue weighted by Crippen LogP contribution is 2.33. The lowest BCUT2D eigenvalue weighted by atomic mass is 10.2. The zero-order valence-corrected chi connectivity index (χ0v) is 19.0. The van der Waals surface area contributed by atoms with E-state index in [0.29, 0.717) is 41.3 Å². The number of thiocarbonyl (C=S) groups is 1. The van der Waals surface area contributed by atoms with Crippen LogP contribution in [-0.4, -0.2) is 58.6 Å². The second-order valence-electron chi connectivity index (χ2n) is 7.27. The Morgan fingerprint density at radius 1 is 1.13 bits per heavy atom. The lowest BCUT2D eigenvalue weighted by Gasteiger charge is -2.26. The van der Waals surface area contributed by atoms with E-state index in [4.69, 9.17) is 21.7 Å². The lowest BCUT2D eigenvalue weighted by molar-refractivity contribution is -0.137. The first-order valence-electron chi connectivity index (χ1n) is 9.95. The molecule has 0 aliphatic carbocycles. The summed E-state index contributed by atoms with van der Waals surface area (Å²) in [6, 6.07) is 11.2. The van der Waals surface area contributed by atoms with Crippen molar-refractivity contribution in [2.45, 2.75) is 13.8 Å². The molecular weight excluding hydrogens is 434 g/mol. The molecule has 0 unspecified atom stereocenters. The molecule has 0 radical (unpaired) electrons. The third-order valence-corrected chi connectivity index (χ3v) is 6.39. The number of amides is 2. The quantitative estimate of drug-likeness (QED) is 0.508. The van der Waals surface area contributed by atoms with E-state index in [1.165, 1.54) is 16.8 Å². The Morgan fingerprint density at radius 2 is 1.77 bits per heavy atom. The summed E-state index contributed by atoms with van der Waals surface area (Å²) >= 11 is 6.74. The van der Waals surface area contributed by atoms with Gasteiger partial charge in [0.2, 0.25) is 0 Å². The van der Waals surface area contributed by atoms with Crippen LogP contribution >= 0.6 is 24.0 Å². The summed E-state index contributed by atoms with van der Waals surface area (Å²) in [6.07, 6.45) is 1.82. The monoisotopic (exact) mass is 457 g/mol. The van der Waals surface area contributed by atoms with Gasteiger partial charge in [-0.1, -0.05) is 23.9 Å². The molecule has 2 aliphatic heterocycles. The predicted molar refractivity (Wildman–Crippen MR) is 125 cm³/mol. The average molecular weight is 458 g/mol. The number of hydrogen-bond acceptors (Lipinski definition) is 6. The molecule has 2 fully saturated rings. The van der Waals surface area contributed by atoms with Gasteiger partial charge in [0.1, 0.15) is 5.75 Å². The summed E-state index contributed by atoms with van der Waals surface area (Å²) in [4.78, 5) is 27.5. The van der Waals surface area contributed by atoms with Crippen molar-refractivity contribution in [1.29, 1.82) is 0 Å². The second kappa shape index (κ2) is 9.25. The number of ether oxygens (including phenoxy) is 2. The Morgan fingerprint density at radius 3 is 2.42 bits per heavy atom. The van der Waals surface area contributed by atoms with Crippen LogP contribution in [0, 0.1) is 13.8 Å². The molecule has 2 aromatic rings. The van der Waals surface area contributed by atoms with Gasteiger partial charge < -0.3 is 14.4 Å². The standard InChI is InChI=1S/C22H23N3O4S2/c1-15-3-4-16(2)24(15)25-21(27)19(31-22(25)30)13-17-5-7-18(8-6-17)29-14-20(26)23-9-11-28-12-10-23/h3-8,13H,9-12,14H2,1-2H3. The summed E-state index contributed by atoms with van der Waals surface area (Å²) in [5.74, 6) is 0.408. The van der Waals surface area contributed by atoms with E-state index in [2.05, 4.69) is 0 Å². The Kier molecular flexibility index (Phi) is 6.45. The van der Waals surface area contributed by atoms with E-state index < -0.39 is 0 Å². The van der Waals surface area contributed by atoms with Gasteiger partial charge in [-0.05, 0) is 62.0 Å². The van der Waals surface area contributed by atoms with Gasteiger partial charge >= 0.3 is 0 Å². The van der Waals surface area contributed by atoms with Crippen LogP contribution in [-0.2, 0) is 14.3 Å². The number of aryl methyl sites for hydroxylation is 2. The molecule has 0 spiro atoms. The number of morpholine rings is 1. The topological polar surface area (TPSA) is 64.0 Å². The Bertz CT molecular complexity index is 1020. The number of aromatic nitrogens is 1. The van der Waals surface area contributed by atoms with E-state index in [-0.39, 0.29) is 18.4 Å². The van der Waals surface area contributed by atoms with Crippen molar-refractivity contribution in [3.8, 4) is 5.75 Å². The Labute approximate surface area is 190 Å². The van der Waals surface area contributed by atoms with Crippen LogP contribution in [0.15, 0.2) is 41.3 Å². The molecular formula is C22H23N3O4S2. The maximum Gasteiger partial charge on any atom is 0.285 e. The molecule has 1 aromatic carbocycles. The van der Waals surface area contributed by atoms with Gasteiger partial charge in [-0.15, -0.1) is 0 Å². The molecule has 2 aliphatic rings. The molecule has 0 atom stereocenters. The first kappa shape index (κ1) is 21.6. The van der Waals surface area contributed by atoms with Crippen LogP contribution < -0.4 is 9.75 Å². The van der Waals surface area contributed by atoms with E-state index in [1.807, 2.05) is 48.9 Å². The van der Waals surface area contributed by atoms with Crippen molar-refractivity contribution in [3.05, 3.63) is 58.3 Å². The van der Waals surface area contributed by atoms with Crippen LogP contribution in [0.2, 0.25) is 0 Å². The summed E-state index contributed by atoms with van der Waals surface area (Å²) in [5.41, 5.74) is 2.75. The van der Waals surface area contributed by atoms with Crippen LogP contribution in [0.25, 0.3) is 6.08 Å². The third kappa shape index (κ3) is 4.68. The summed E-state index contributed by atoms with van der Waals surface area (Å²) in [5, 5.41) is 1.53. The largest absolute Gasteiger partial charge is 0.484 e. The van der Waals surface area contributed by atoms with Crippen LogP contribution in [0.3, 0.4) is 0 Å². The minimum Gasteiger partial charge on any atom is -0.484 e. The van der Waals surface area contributed by atoms with Gasteiger partial charge in [0.15, 0.2) is 10.9 Å². The molecule has 4 rings (SSSR count). The number of hydrogen-bond donors (Lipinski definition) is 0. The molecule has 3 heterocycles. The number of nitrogens with zero attached hydrogens (tertiary/aromatic N) is 3. The molecule has 2 saturated heterocycles. The molecule has 162 valence electrons. The van der Waals surface area contributed by atoms with E-state index >= 15 is 0 Å². The molecule has 0 saturated carbocycles. The fraction of sp³-hybridized carbons (Fsp3) is 0.318. The van der Waals surface area contributed by atoms with Gasteiger partial charge in [-0.3, -0.25) is 14.3 Å². The number of benzene rings is 1. The zero-order valence-electron chi connectivity index (χ0n) is 17.4. The maximum atomic E-state index is 13.0. The van der Waals surface area contributed by atoms with E-state index in [0.717, 1.165) is 17.0 Å². The SMILES string of the molecule is Cc1ccc(C)n1N1C(=O)C(=Cc2ccc(OCC(=O)N3CCOCC3)cc2)SC1=S. The van der Waals surface area contributed by atoms with E-state index in [9.17, 15) is 9.59 Å². The molecule has 7 nitrogen and oxygen atoms in total. The third-order valence-electron chi connectivity index (χ3n) is 5.11. The molecule has 0 bridgehead atoms. The highest BCUT2D eigenvalue weighted by atomic mass is 32.2. The first-order chi connectivity index (χ1) is 14.9. The smallest absolute Gasteiger partial charge is 0.285 e. The highest BCUT2D eigenvalue weighted by Gasteiger charge is 2.34. The second-order valence-corrected chi connectivity index (χ2v) is 8.95. The Balaban J connectivity index is 1.41. The summed E-state index contributed by atoms with van der Waals surface area (Å²) < 4.78 is 13.2. The fourth-order valence-corrected chi connectivity index (χ4v) is 4.71. The van der Waals surface area contributed by atoms with Crippen molar-refractivity contribution >= 4 is 46.2 Å². The molecule has 31 heavy (non-hydrogen) atoms. The van der Waals surface area contributed by atoms with Crippen LogP contribution in [0.5, 0.6) is 5.75 Å². The average Bonchev–Trinajstić information content (AvgIpc) is 3.24. The van der Waals surface area contributed by atoms with Gasteiger partial charge in [0.25, 0.3) is 11.8 Å². The van der Waals surface area contributed by atoms with Crippen LogP contribution in [0.1, 0.15) is 17.0 Å². The maximum absolute atomic E-state index is 13.0. The van der Waals surface area contributed by atoms with E-state index in [1.54, 1.807) is 17.0 Å². The minimum atomic E-state index is -0.145. The van der Waals surface area contributed by atoms with Gasteiger partial charge in [-0.25, -0.2) is 0 Å². The zero-order chi connectivity index (χ0) is 22.0. The molecule has 9 heteroatoms. The Hall–Kier alpha value is -2.62. The number of carbonyl (C=O) groups excluding carboxylic acids is 2. The molecule has 2 amide bonds. The van der Waals surface area contributed by atoms with Crippen LogP contribution in [0.4, 0.5) is 0 Å². The fourth-order valence-electron chi connectivity index (χ4n) is 3.47. The minimum absolute atomic E-state index is 0.00637. The van der Waals surface area contributed by atoms with Gasteiger partial charge in [-0.2, -0.15) is 5.01 Å². The predicted octanol–water partition coefficient (Wildman–Crippen LogP) is 2.88. The summed E-state index contributed by atoms with van der Waals surface area (Å²) in [7, 11) is 0. The number of rotatable bonds is 5. The van der Waals surface area contributed by atoms with Crippen molar-refractivity contribution in [1.82, 2.24) is 9.58 Å². The highest BCUT2D eigenvalue weighted by molar-refractivity contribution is 8.27. The van der Waals surface area contributed by atoms with Crippen molar-refractivity contribution in [2.75, 3.05) is 37.9 Å². The van der Waals surface area contributed by atoms with Crippen molar-refractivity contribution in [3.63, 3.8) is 0 Å². The van der Waals surface area contributed by atoms with Gasteiger partial charge in [0.05, 0.1) is 18.1 Å². The molecule has 1 aromatic heterocycles. The summed E-state index contributed by atoms with van der Waals surface area (Å²) in [6.45, 7) is 6.21.